The van der Waals surface area contributed by atoms with E-state index < -0.39 is 11.6 Å². The van der Waals surface area contributed by atoms with Gasteiger partial charge in [0.15, 0.2) is 5.76 Å². The SMILES string of the molecule is O=C(C(=O)c1ccco1)c1ccc(Cl)cc1. The first-order chi connectivity index (χ1) is 7.68. The summed E-state index contributed by atoms with van der Waals surface area (Å²) >= 11 is 5.68. The normalized spacial score (nSPS) is 10.1. The summed E-state index contributed by atoms with van der Waals surface area (Å²) in [6.45, 7) is 0. The van der Waals surface area contributed by atoms with Gasteiger partial charge in [-0.1, -0.05) is 11.6 Å². The third-order valence-corrected chi connectivity index (χ3v) is 2.31. The molecule has 0 amide bonds. The standard InChI is InChI=1S/C12H7ClO3/c13-9-5-3-8(4-6-9)11(14)12(15)10-2-1-7-16-10/h1-7H. The van der Waals surface area contributed by atoms with Crippen LogP contribution in [0.3, 0.4) is 0 Å². The van der Waals surface area contributed by atoms with Gasteiger partial charge in [-0.05, 0) is 36.4 Å². The zero-order valence-electron chi connectivity index (χ0n) is 8.14. The van der Waals surface area contributed by atoms with Crippen LogP contribution in [0, 0.1) is 0 Å². The highest BCUT2D eigenvalue weighted by Crippen LogP contribution is 2.12. The lowest BCUT2D eigenvalue weighted by molar-refractivity contribution is 0.0801. The van der Waals surface area contributed by atoms with Crippen LogP contribution in [0.4, 0.5) is 0 Å². The summed E-state index contributed by atoms with van der Waals surface area (Å²) in [4.78, 5) is 23.3. The molecular weight excluding hydrogens is 228 g/mol. The van der Waals surface area contributed by atoms with Crippen LogP contribution in [0.2, 0.25) is 5.02 Å². The molecule has 0 radical (unpaired) electrons. The molecule has 1 heterocycles. The number of furan rings is 1. The van der Waals surface area contributed by atoms with Gasteiger partial charge in [0.1, 0.15) is 0 Å². The highest BCUT2D eigenvalue weighted by molar-refractivity contribution is 6.48. The van der Waals surface area contributed by atoms with E-state index in [1.807, 2.05) is 0 Å². The quantitative estimate of drug-likeness (QED) is 0.606. The van der Waals surface area contributed by atoms with Gasteiger partial charge in [-0.25, -0.2) is 0 Å². The zero-order chi connectivity index (χ0) is 11.5. The molecule has 3 nitrogen and oxygen atoms in total. The van der Waals surface area contributed by atoms with Gasteiger partial charge in [0.2, 0.25) is 5.78 Å². The Kier molecular flexibility index (Phi) is 2.88. The van der Waals surface area contributed by atoms with Gasteiger partial charge in [-0.3, -0.25) is 9.59 Å². The minimum Gasteiger partial charge on any atom is -0.461 e. The van der Waals surface area contributed by atoms with Crippen molar-refractivity contribution in [2.24, 2.45) is 0 Å². The zero-order valence-corrected chi connectivity index (χ0v) is 8.90. The average molecular weight is 235 g/mol. The number of carbonyl (C=O) groups is 2. The fourth-order valence-corrected chi connectivity index (χ4v) is 1.38. The molecule has 0 aliphatic rings. The summed E-state index contributed by atoms with van der Waals surface area (Å²) in [7, 11) is 0. The predicted octanol–water partition coefficient (Wildman–Crippen LogP) is 3.00. The van der Waals surface area contributed by atoms with Crippen LogP contribution in [0.5, 0.6) is 0 Å². The molecule has 0 aliphatic carbocycles. The second-order valence-electron chi connectivity index (χ2n) is 3.14. The summed E-state index contributed by atoms with van der Waals surface area (Å²) in [6.07, 6.45) is 1.35. The minimum atomic E-state index is -0.660. The van der Waals surface area contributed by atoms with Gasteiger partial charge < -0.3 is 4.42 Å². The molecule has 2 rings (SSSR count). The van der Waals surface area contributed by atoms with Gasteiger partial charge >= 0.3 is 0 Å². The molecule has 0 spiro atoms. The molecule has 80 valence electrons. The van der Waals surface area contributed by atoms with Gasteiger partial charge in [0, 0.05) is 10.6 Å². The number of halogens is 1. The first kappa shape index (κ1) is 10.6. The minimum absolute atomic E-state index is 0.0416. The number of hydrogen-bond acceptors (Lipinski definition) is 3. The monoisotopic (exact) mass is 234 g/mol. The van der Waals surface area contributed by atoms with E-state index >= 15 is 0 Å². The number of rotatable bonds is 3. The highest BCUT2D eigenvalue weighted by Gasteiger charge is 2.20. The van der Waals surface area contributed by atoms with Crippen molar-refractivity contribution in [2.75, 3.05) is 0 Å². The Balaban J connectivity index is 2.26. The molecule has 0 unspecified atom stereocenters. The Labute approximate surface area is 96.6 Å². The third-order valence-electron chi connectivity index (χ3n) is 2.06. The molecule has 0 atom stereocenters. The van der Waals surface area contributed by atoms with Crippen molar-refractivity contribution in [1.82, 2.24) is 0 Å². The Morgan fingerprint density at radius 2 is 1.69 bits per heavy atom. The molecule has 1 aromatic heterocycles. The first-order valence-corrected chi connectivity index (χ1v) is 4.94. The fourth-order valence-electron chi connectivity index (χ4n) is 1.25. The van der Waals surface area contributed by atoms with Crippen molar-refractivity contribution in [1.29, 1.82) is 0 Å². The van der Waals surface area contributed by atoms with Crippen molar-refractivity contribution >= 4 is 23.2 Å². The topological polar surface area (TPSA) is 47.3 Å². The lowest BCUT2D eigenvalue weighted by Crippen LogP contribution is -2.13. The predicted molar refractivity (Wildman–Crippen MR) is 58.8 cm³/mol. The van der Waals surface area contributed by atoms with Crippen LogP contribution in [0.1, 0.15) is 20.9 Å². The summed E-state index contributed by atoms with van der Waals surface area (Å²) < 4.78 is 4.87. The van der Waals surface area contributed by atoms with E-state index in [0.717, 1.165) is 0 Å². The molecule has 0 N–H and O–H groups in total. The van der Waals surface area contributed by atoms with Crippen molar-refractivity contribution in [3.8, 4) is 0 Å². The van der Waals surface area contributed by atoms with Crippen LogP contribution < -0.4 is 0 Å². The van der Waals surface area contributed by atoms with Crippen molar-refractivity contribution < 1.29 is 14.0 Å². The summed E-state index contributed by atoms with van der Waals surface area (Å²) in [5, 5.41) is 0.516. The van der Waals surface area contributed by atoms with Crippen molar-refractivity contribution in [2.45, 2.75) is 0 Å². The van der Waals surface area contributed by atoms with E-state index in [4.69, 9.17) is 16.0 Å². The molecule has 1 aromatic carbocycles. The maximum absolute atomic E-state index is 11.7. The molecule has 0 fully saturated rings. The van der Waals surface area contributed by atoms with E-state index in [1.54, 1.807) is 18.2 Å². The Hall–Kier alpha value is -1.87. The number of Topliss-reactive ketones (excluding diaryl/α,β-unsaturated/α-hetero) is 2. The average Bonchev–Trinajstić information content (AvgIpc) is 2.81. The third kappa shape index (κ3) is 2.04. The number of benzene rings is 1. The van der Waals surface area contributed by atoms with Crippen LogP contribution in [0.25, 0.3) is 0 Å². The van der Waals surface area contributed by atoms with Crippen LogP contribution in [-0.2, 0) is 0 Å². The van der Waals surface area contributed by atoms with Gasteiger partial charge in [-0.2, -0.15) is 0 Å². The fraction of sp³-hybridized carbons (Fsp3) is 0. The smallest absolute Gasteiger partial charge is 0.268 e. The lowest BCUT2D eigenvalue weighted by atomic mass is 10.1. The van der Waals surface area contributed by atoms with Gasteiger partial charge in [0.05, 0.1) is 6.26 Å². The molecule has 0 aliphatic heterocycles. The number of hydrogen-bond donors (Lipinski definition) is 0. The van der Waals surface area contributed by atoms with Crippen molar-refractivity contribution in [3.05, 3.63) is 59.0 Å². The Morgan fingerprint density at radius 1 is 1.00 bits per heavy atom. The van der Waals surface area contributed by atoms with E-state index in [2.05, 4.69) is 0 Å². The molecular formula is C12H7ClO3. The molecule has 0 saturated heterocycles. The second kappa shape index (κ2) is 4.33. The van der Waals surface area contributed by atoms with E-state index in [1.165, 1.54) is 24.5 Å². The van der Waals surface area contributed by atoms with Crippen molar-refractivity contribution in [3.63, 3.8) is 0 Å². The van der Waals surface area contributed by atoms with Gasteiger partial charge in [-0.15, -0.1) is 0 Å². The van der Waals surface area contributed by atoms with Crippen LogP contribution in [-0.4, -0.2) is 11.6 Å². The molecule has 16 heavy (non-hydrogen) atoms. The van der Waals surface area contributed by atoms with E-state index in [-0.39, 0.29) is 5.76 Å². The van der Waals surface area contributed by atoms with Crippen LogP contribution in [0.15, 0.2) is 47.1 Å². The van der Waals surface area contributed by atoms with Gasteiger partial charge in [0.25, 0.3) is 5.78 Å². The molecule has 0 bridgehead atoms. The molecule has 2 aromatic rings. The summed E-state index contributed by atoms with van der Waals surface area (Å²) in [6, 6.07) is 9.14. The van der Waals surface area contributed by atoms with E-state index in [9.17, 15) is 9.59 Å². The second-order valence-corrected chi connectivity index (χ2v) is 3.58. The summed E-state index contributed by atoms with van der Waals surface area (Å²) in [5.41, 5.74) is 0.297. The Bertz CT molecular complexity index is 512. The molecule has 0 saturated carbocycles. The number of ketones is 2. The molecule has 4 heteroatoms. The first-order valence-electron chi connectivity index (χ1n) is 4.56. The maximum Gasteiger partial charge on any atom is 0.268 e. The number of carbonyl (C=O) groups excluding carboxylic acids is 2. The largest absolute Gasteiger partial charge is 0.461 e. The maximum atomic E-state index is 11.7. The summed E-state index contributed by atoms with van der Waals surface area (Å²) in [5.74, 6) is -1.22. The Morgan fingerprint density at radius 3 is 2.25 bits per heavy atom. The van der Waals surface area contributed by atoms with Crippen LogP contribution >= 0.6 is 11.6 Å². The van der Waals surface area contributed by atoms with E-state index in [0.29, 0.717) is 10.6 Å². The highest BCUT2D eigenvalue weighted by atomic mass is 35.5. The lowest BCUT2D eigenvalue weighted by Gasteiger charge is -1.97.